The minimum absolute atomic E-state index is 0.241. The van der Waals surface area contributed by atoms with Crippen LogP contribution in [-0.4, -0.2) is 16.1 Å². The van der Waals surface area contributed by atoms with E-state index in [1.54, 1.807) is 12.1 Å². The molecular formula is C20H14BrN3O3. The van der Waals surface area contributed by atoms with Gasteiger partial charge in [-0.25, -0.2) is 0 Å². The molecule has 0 bridgehead atoms. The lowest BCUT2D eigenvalue weighted by atomic mass is 10.1. The Labute approximate surface area is 163 Å². The Bertz CT molecular complexity index is 1060. The van der Waals surface area contributed by atoms with Crippen LogP contribution in [0.5, 0.6) is 0 Å². The molecule has 0 fully saturated rings. The molecule has 0 unspecified atom stereocenters. The van der Waals surface area contributed by atoms with E-state index in [0.29, 0.717) is 28.6 Å². The van der Waals surface area contributed by atoms with Crippen LogP contribution >= 0.6 is 15.9 Å². The first-order chi connectivity index (χ1) is 13.2. The summed E-state index contributed by atoms with van der Waals surface area (Å²) >= 11 is 3.18. The van der Waals surface area contributed by atoms with Gasteiger partial charge in [-0.2, -0.15) is 0 Å². The maximum Gasteiger partial charge on any atom is 0.291 e. The zero-order chi connectivity index (χ0) is 18.6. The van der Waals surface area contributed by atoms with Crippen LogP contribution in [0.25, 0.3) is 11.5 Å². The number of hydrogen-bond donors (Lipinski definition) is 1. The maximum absolute atomic E-state index is 12.1. The molecule has 4 rings (SSSR count). The summed E-state index contributed by atoms with van der Waals surface area (Å²) in [4.78, 5) is 12.1. The molecule has 27 heavy (non-hydrogen) atoms. The van der Waals surface area contributed by atoms with Gasteiger partial charge in [0.1, 0.15) is 0 Å². The van der Waals surface area contributed by atoms with E-state index in [2.05, 4.69) is 31.4 Å². The first-order valence-corrected chi connectivity index (χ1v) is 9.00. The fourth-order valence-corrected chi connectivity index (χ4v) is 2.84. The van der Waals surface area contributed by atoms with Crippen LogP contribution in [0, 0.1) is 0 Å². The van der Waals surface area contributed by atoms with Crippen molar-refractivity contribution in [1.82, 2.24) is 10.2 Å². The standard InChI is InChI=1S/C20H14BrN3O3/c21-17-11-10-16(26-17)19(25)22-15-8-6-13(7-9-15)12-18-23-24-20(27-18)14-4-2-1-3-5-14/h1-11H,12H2,(H,22,25). The third-order valence-electron chi connectivity index (χ3n) is 3.85. The van der Waals surface area contributed by atoms with E-state index in [1.807, 2.05) is 54.6 Å². The second kappa shape index (κ2) is 7.59. The molecule has 134 valence electrons. The Kier molecular flexibility index (Phi) is 4.84. The lowest BCUT2D eigenvalue weighted by Gasteiger charge is -2.04. The molecule has 4 aromatic rings. The second-order valence-electron chi connectivity index (χ2n) is 5.80. The summed E-state index contributed by atoms with van der Waals surface area (Å²) in [6, 6.07) is 20.4. The summed E-state index contributed by atoms with van der Waals surface area (Å²) in [6.07, 6.45) is 0.513. The summed E-state index contributed by atoms with van der Waals surface area (Å²) < 4.78 is 11.5. The molecule has 2 aromatic carbocycles. The van der Waals surface area contributed by atoms with Crippen LogP contribution in [0.4, 0.5) is 5.69 Å². The molecular weight excluding hydrogens is 410 g/mol. The highest BCUT2D eigenvalue weighted by atomic mass is 79.9. The smallest absolute Gasteiger partial charge is 0.291 e. The van der Waals surface area contributed by atoms with Crippen molar-refractivity contribution in [3.63, 3.8) is 0 Å². The fourth-order valence-electron chi connectivity index (χ4n) is 2.53. The van der Waals surface area contributed by atoms with Crippen LogP contribution < -0.4 is 5.32 Å². The first-order valence-electron chi connectivity index (χ1n) is 8.21. The van der Waals surface area contributed by atoms with Gasteiger partial charge in [-0.3, -0.25) is 4.79 Å². The molecule has 2 aromatic heterocycles. The van der Waals surface area contributed by atoms with Gasteiger partial charge >= 0.3 is 0 Å². The Morgan fingerprint density at radius 2 is 1.70 bits per heavy atom. The number of carbonyl (C=O) groups is 1. The quantitative estimate of drug-likeness (QED) is 0.491. The van der Waals surface area contributed by atoms with Crippen molar-refractivity contribution in [2.24, 2.45) is 0 Å². The molecule has 0 atom stereocenters. The van der Waals surface area contributed by atoms with Gasteiger partial charge in [0.25, 0.3) is 5.91 Å². The van der Waals surface area contributed by atoms with E-state index < -0.39 is 0 Å². The topological polar surface area (TPSA) is 81.2 Å². The monoisotopic (exact) mass is 423 g/mol. The molecule has 0 aliphatic carbocycles. The van der Waals surface area contributed by atoms with Crippen molar-refractivity contribution in [3.05, 3.63) is 88.6 Å². The minimum atomic E-state index is -0.308. The lowest BCUT2D eigenvalue weighted by Crippen LogP contribution is -2.10. The molecule has 0 saturated carbocycles. The van der Waals surface area contributed by atoms with E-state index in [1.165, 1.54) is 0 Å². The number of halogens is 1. The maximum atomic E-state index is 12.1. The van der Waals surface area contributed by atoms with Crippen LogP contribution in [0.15, 0.2) is 80.2 Å². The molecule has 0 saturated heterocycles. The molecule has 1 N–H and O–H groups in total. The predicted octanol–water partition coefficient (Wildman–Crippen LogP) is 4.94. The first kappa shape index (κ1) is 17.2. The van der Waals surface area contributed by atoms with Gasteiger partial charge < -0.3 is 14.2 Å². The molecule has 0 aliphatic heterocycles. The highest BCUT2D eigenvalue weighted by Crippen LogP contribution is 2.20. The Morgan fingerprint density at radius 1 is 0.926 bits per heavy atom. The summed E-state index contributed by atoms with van der Waals surface area (Å²) in [5.41, 5.74) is 2.56. The lowest BCUT2D eigenvalue weighted by molar-refractivity contribution is 0.0995. The van der Waals surface area contributed by atoms with Crippen molar-refractivity contribution >= 4 is 27.5 Å². The normalized spacial score (nSPS) is 10.7. The number of benzene rings is 2. The molecule has 6 nitrogen and oxygen atoms in total. The number of furan rings is 1. The van der Waals surface area contributed by atoms with Gasteiger partial charge in [-0.15, -0.1) is 10.2 Å². The Hall–Kier alpha value is -3.19. The van der Waals surface area contributed by atoms with Gasteiger partial charge in [0.2, 0.25) is 11.8 Å². The highest BCUT2D eigenvalue weighted by Gasteiger charge is 2.11. The van der Waals surface area contributed by atoms with Gasteiger partial charge in [-0.05, 0) is 57.9 Å². The predicted molar refractivity (Wildman–Crippen MR) is 103 cm³/mol. The van der Waals surface area contributed by atoms with Crippen molar-refractivity contribution in [2.45, 2.75) is 6.42 Å². The summed E-state index contributed by atoms with van der Waals surface area (Å²) in [6.45, 7) is 0. The van der Waals surface area contributed by atoms with E-state index in [0.717, 1.165) is 11.1 Å². The minimum Gasteiger partial charge on any atom is -0.444 e. The molecule has 2 heterocycles. The van der Waals surface area contributed by atoms with Gasteiger partial charge in [-0.1, -0.05) is 30.3 Å². The molecule has 1 amide bonds. The zero-order valence-electron chi connectivity index (χ0n) is 14.1. The third kappa shape index (κ3) is 4.15. The zero-order valence-corrected chi connectivity index (χ0v) is 15.6. The average molecular weight is 424 g/mol. The third-order valence-corrected chi connectivity index (χ3v) is 4.28. The van der Waals surface area contributed by atoms with Gasteiger partial charge in [0.15, 0.2) is 10.4 Å². The van der Waals surface area contributed by atoms with E-state index in [4.69, 9.17) is 8.83 Å². The van der Waals surface area contributed by atoms with Gasteiger partial charge in [0.05, 0.1) is 6.42 Å². The van der Waals surface area contributed by atoms with Crippen LogP contribution in [-0.2, 0) is 6.42 Å². The highest BCUT2D eigenvalue weighted by molar-refractivity contribution is 9.10. The Balaban J connectivity index is 1.41. The van der Waals surface area contributed by atoms with Crippen molar-refractivity contribution in [3.8, 4) is 11.5 Å². The van der Waals surface area contributed by atoms with Crippen molar-refractivity contribution in [1.29, 1.82) is 0 Å². The SMILES string of the molecule is O=C(Nc1ccc(Cc2nnc(-c3ccccc3)o2)cc1)c1ccc(Br)o1. The molecule has 0 radical (unpaired) electrons. The summed E-state index contributed by atoms with van der Waals surface area (Å²) in [5.74, 6) is 0.966. The van der Waals surface area contributed by atoms with Crippen molar-refractivity contribution < 1.29 is 13.6 Å². The number of aromatic nitrogens is 2. The molecule has 0 aliphatic rings. The summed E-state index contributed by atoms with van der Waals surface area (Å²) in [7, 11) is 0. The largest absolute Gasteiger partial charge is 0.444 e. The van der Waals surface area contributed by atoms with Crippen LogP contribution in [0.1, 0.15) is 22.0 Å². The van der Waals surface area contributed by atoms with Gasteiger partial charge in [0, 0.05) is 11.3 Å². The molecule has 7 heteroatoms. The number of carbonyl (C=O) groups excluding carboxylic acids is 1. The number of amides is 1. The van der Waals surface area contributed by atoms with E-state index in [9.17, 15) is 4.79 Å². The number of rotatable bonds is 5. The second-order valence-corrected chi connectivity index (χ2v) is 6.58. The fraction of sp³-hybridized carbons (Fsp3) is 0.0500. The van der Waals surface area contributed by atoms with E-state index in [-0.39, 0.29) is 11.7 Å². The van der Waals surface area contributed by atoms with E-state index >= 15 is 0 Å². The average Bonchev–Trinajstić information content (AvgIpc) is 3.33. The number of anilines is 1. The number of hydrogen-bond acceptors (Lipinski definition) is 5. The van der Waals surface area contributed by atoms with Crippen LogP contribution in [0.3, 0.4) is 0 Å². The summed E-state index contributed by atoms with van der Waals surface area (Å²) in [5, 5.41) is 11.0. The van der Waals surface area contributed by atoms with Crippen molar-refractivity contribution in [2.75, 3.05) is 5.32 Å². The molecule has 0 spiro atoms. The van der Waals surface area contributed by atoms with Crippen LogP contribution in [0.2, 0.25) is 0 Å². The Morgan fingerprint density at radius 3 is 2.41 bits per heavy atom. The number of nitrogens with one attached hydrogen (secondary N) is 1. The number of nitrogens with zero attached hydrogens (tertiary/aromatic N) is 2.